The van der Waals surface area contributed by atoms with Crippen LogP contribution in [0.25, 0.3) is 5.76 Å². The fourth-order valence-corrected chi connectivity index (χ4v) is 4.16. The molecule has 0 bridgehead atoms. The SMILES string of the molecule is CCOc1cc(/C(O)=C2/C(=O)C(=O)N(c3ccc(Br)cc3)C2c2ccccc2)ccc1Cl. The molecule has 1 aliphatic rings. The van der Waals surface area contributed by atoms with Crippen LogP contribution in [0.15, 0.2) is 82.8 Å². The van der Waals surface area contributed by atoms with Gasteiger partial charge in [0.05, 0.1) is 23.2 Å². The Hall–Kier alpha value is -3.09. The molecule has 0 aromatic heterocycles. The fourth-order valence-electron chi connectivity index (χ4n) is 3.72. The first-order chi connectivity index (χ1) is 15.4. The Labute approximate surface area is 199 Å². The number of ether oxygens (including phenoxy) is 1. The molecule has 1 amide bonds. The van der Waals surface area contributed by atoms with Gasteiger partial charge in [-0.3, -0.25) is 14.5 Å². The Morgan fingerprint density at radius 2 is 1.75 bits per heavy atom. The van der Waals surface area contributed by atoms with E-state index >= 15 is 0 Å². The molecule has 32 heavy (non-hydrogen) atoms. The van der Waals surface area contributed by atoms with Crippen LogP contribution in [0.5, 0.6) is 5.75 Å². The van der Waals surface area contributed by atoms with Crippen molar-refractivity contribution in [2.45, 2.75) is 13.0 Å². The maximum absolute atomic E-state index is 13.2. The average Bonchev–Trinajstić information content (AvgIpc) is 3.07. The van der Waals surface area contributed by atoms with Crippen LogP contribution in [-0.2, 0) is 9.59 Å². The number of carbonyl (C=O) groups is 2. The molecule has 5 nitrogen and oxygen atoms in total. The van der Waals surface area contributed by atoms with Crippen molar-refractivity contribution in [3.05, 3.63) is 99.0 Å². The first kappa shape index (κ1) is 22.1. The zero-order valence-corrected chi connectivity index (χ0v) is 19.4. The Bertz CT molecular complexity index is 1210. The van der Waals surface area contributed by atoms with Crippen LogP contribution in [0.1, 0.15) is 24.1 Å². The first-order valence-corrected chi connectivity index (χ1v) is 11.1. The molecular formula is C25H19BrClNO4. The van der Waals surface area contributed by atoms with Crippen molar-refractivity contribution in [3.63, 3.8) is 0 Å². The molecular weight excluding hydrogens is 494 g/mol. The second-order valence-corrected chi connectivity index (χ2v) is 8.46. The second-order valence-electron chi connectivity index (χ2n) is 7.13. The Morgan fingerprint density at radius 3 is 2.41 bits per heavy atom. The highest BCUT2D eigenvalue weighted by Crippen LogP contribution is 2.42. The molecule has 4 rings (SSSR count). The molecule has 1 atom stereocenters. The number of ketones is 1. The van der Waals surface area contributed by atoms with Crippen LogP contribution in [0.3, 0.4) is 0 Å². The van der Waals surface area contributed by atoms with Gasteiger partial charge in [0.1, 0.15) is 11.5 Å². The van der Waals surface area contributed by atoms with Gasteiger partial charge in [-0.05, 0) is 55.0 Å². The van der Waals surface area contributed by atoms with Crippen LogP contribution < -0.4 is 9.64 Å². The van der Waals surface area contributed by atoms with Crippen molar-refractivity contribution < 1.29 is 19.4 Å². The molecule has 1 N–H and O–H groups in total. The molecule has 0 spiro atoms. The minimum atomic E-state index is -0.788. The number of anilines is 1. The number of amides is 1. The van der Waals surface area contributed by atoms with E-state index in [-0.39, 0.29) is 11.3 Å². The Kier molecular flexibility index (Phi) is 6.35. The van der Waals surface area contributed by atoms with E-state index < -0.39 is 17.7 Å². The third-order valence-electron chi connectivity index (χ3n) is 5.17. The molecule has 1 unspecified atom stereocenters. The number of Topliss-reactive ketones (excluding diaryl/α,β-unsaturated/α-hetero) is 1. The zero-order valence-electron chi connectivity index (χ0n) is 17.1. The summed E-state index contributed by atoms with van der Waals surface area (Å²) >= 11 is 9.57. The summed E-state index contributed by atoms with van der Waals surface area (Å²) in [5.74, 6) is -1.36. The molecule has 162 valence electrons. The summed E-state index contributed by atoms with van der Waals surface area (Å²) in [5.41, 5.74) is 1.60. The van der Waals surface area contributed by atoms with Crippen molar-refractivity contribution >= 4 is 50.7 Å². The van der Waals surface area contributed by atoms with Crippen molar-refractivity contribution in [3.8, 4) is 5.75 Å². The van der Waals surface area contributed by atoms with E-state index in [1.54, 1.807) is 42.5 Å². The minimum absolute atomic E-state index is 0.00823. The highest BCUT2D eigenvalue weighted by atomic mass is 79.9. The lowest BCUT2D eigenvalue weighted by molar-refractivity contribution is -0.132. The molecule has 1 saturated heterocycles. The third kappa shape index (κ3) is 4.04. The van der Waals surface area contributed by atoms with Crippen molar-refractivity contribution in [1.29, 1.82) is 0 Å². The normalized spacial score (nSPS) is 17.6. The summed E-state index contributed by atoms with van der Waals surface area (Å²) in [4.78, 5) is 27.7. The highest BCUT2D eigenvalue weighted by Gasteiger charge is 2.46. The summed E-state index contributed by atoms with van der Waals surface area (Å²) in [6.07, 6.45) is 0. The standard InChI is InChI=1S/C25H19BrClNO4/c1-2-32-20-14-16(8-13-19(20)27)23(29)21-22(15-6-4-3-5-7-15)28(25(31)24(21)30)18-11-9-17(26)10-12-18/h3-14,22,29H,2H2,1H3/b23-21-. The van der Waals surface area contributed by atoms with E-state index in [4.69, 9.17) is 16.3 Å². The third-order valence-corrected chi connectivity index (χ3v) is 6.01. The number of nitrogens with zero attached hydrogens (tertiary/aromatic N) is 1. The number of carbonyl (C=O) groups excluding carboxylic acids is 2. The lowest BCUT2D eigenvalue weighted by atomic mass is 9.95. The van der Waals surface area contributed by atoms with Gasteiger partial charge in [-0.2, -0.15) is 0 Å². The van der Waals surface area contributed by atoms with Crippen LogP contribution >= 0.6 is 27.5 Å². The summed E-state index contributed by atoms with van der Waals surface area (Å²) in [7, 11) is 0. The topological polar surface area (TPSA) is 66.8 Å². The summed E-state index contributed by atoms with van der Waals surface area (Å²) < 4.78 is 6.36. The summed E-state index contributed by atoms with van der Waals surface area (Å²) in [5, 5.41) is 11.6. The maximum Gasteiger partial charge on any atom is 0.300 e. The van der Waals surface area contributed by atoms with Crippen LogP contribution in [0.2, 0.25) is 5.02 Å². The quantitative estimate of drug-likeness (QED) is 0.254. The number of aliphatic hydroxyl groups is 1. The predicted molar refractivity (Wildman–Crippen MR) is 128 cm³/mol. The minimum Gasteiger partial charge on any atom is -0.507 e. The van der Waals surface area contributed by atoms with Gasteiger partial charge in [-0.25, -0.2) is 0 Å². The lowest BCUT2D eigenvalue weighted by Gasteiger charge is -2.25. The lowest BCUT2D eigenvalue weighted by Crippen LogP contribution is -2.29. The second kappa shape index (κ2) is 9.18. The molecule has 1 fully saturated rings. The van der Waals surface area contributed by atoms with Gasteiger partial charge in [0.15, 0.2) is 0 Å². The Morgan fingerprint density at radius 1 is 1.06 bits per heavy atom. The Balaban J connectivity index is 1.91. The summed E-state index contributed by atoms with van der Waals surface area (Å²) in [6, 6.07) is 20.2. The first-order valence-electron chi connectivity index (χ1n) is 9.96. The van der Waals surface area contributed by atoms with Crippen LogP contribution in [0.4, 0.5) is 5.69 Å². The number of benzene rings is 3. The molecule has 0 aliphatic carbocycles. The predicted octanol–water partition coefficient (Wildman–Crippen LogP) is 6.13. The monoisotopic (exact) mass is 511 g/mol. The van der Waals surface area contributed by atoms with Gasteiger partial charge in [-0.1, -0.05) is 57.9 Å². The molecule has 1 heterocycles. The summed E-state index contributed by atoms with van der Waals surface area (Å²) in [6.45, 7) is 2.21. The van der Waals surface area contributed by atoms with Gasteiger partial charge >= 0.3 is 0 Å². The molecule has 7 heteroatoms. The van der Waals surface area contributed by atoms with Crippen LogP contribution in [-0.4, -0.2) is 23.4 Å². The van der Waals surface area contributed by atoms with Crippen LogP contribution in [0, 0.1) is 0 Å². The largest absolute Gasteiger partial charge is 0.507 e. The number of hydrogen-bond acceptors (Lipinski definition) is 4. The van der Waals surface area contributed by atoms with Gasteiger partial charge in [-0.15, -0.1) is 0 Å². The van der Waals surface area contributed by atoms with E-state index in [1.807, 2.05) is 37.3 Å². The van der Waals surface area contributed by atoms with Crippen molar-refractivity contribution in [1.82, 2.24) is 0 Å². The van der Waals surface area contributed by atoms with Gasteiger partial charge in [0, 0.05) is 15.7 Å². The maximum atomic E-state index is 13.2. The highest BCUT2D eigenvalue weighted by molar-refractivity contribution is 9.10. The number of halogens is 2. The molecule has 3 aromatic carbocycles. The van der Waals surface area contributed by atoms with E-state index in [0.29, 0.717) is 34.2 Å². The zero-order chi connectivity index (χ0) is 22.8. The average molecular weight is 513 g/mol. The number of aliphatic hydroxyl groups excluding tert-OH is 1. The molecule has 0 saturated carbocycles. The van der Waals surface area contributed by atoms with E-state index in [9.17, 15) is 14.7 Å². The smallest absolute Gasteiger partial charge is 0.300 e. The van der Waals surface area contributed by atoms with Crippen molar-refractivity contribution in [2.75, 3.05) is 11.5 Å². The van der Waals surface area contributed by atoms with Crippen molar-refractivity contribution in [2.24, 2.45) is 0 Å². The molecule has 0 radical (unpaired) electrons. The van der Waals surface area contributed by atoms with Gasteiger partial charge < -0.3 is 9.84 Å². The van der Waals surface area contributed by atoms with E-state index in [0.717, 1.165) is 4.47 Å². The van der Waals surface area contributed by atoms with E-state index in [2.05, 4.69) is 15.9 Å². The molecule has 3 aromatic rings. The van der Waals surface area contributed by atoms with Gasteiger partial charge in [0.25, 0.3) is 11.7 Å². The fraction of sp³-hybridized carbons (Fsp3) is 0.120. The number of hydrogen-bond donors (Lipinski definition) is 1. The van der Waals surface area contributed by atoms with Gasteiger partial charge in [0.2, 0.25) is 0 Å². The molecule has 1 aliphatic heterocycles. The van der Waals surface area contributed by atoms with E-state index in [1.165, 1.54) is 4.90 Å². The number of rotatable bonds is 5.